The van der Waals surface area contributed by atoms with E-state index < -0.39 is 9.84 Å². The summed E-state index contributed by atoms with van der Waals surface area (Å²) in [6, 6.07) is 0.485. The number of hydrogen-bond acceptors (Lipinski definition) is 3. The maximum absolute atomic E-state index is 12.0. The van der Waals surface area contributed by atoms with E-state index in [1.54, 1.807) is 0 Å². The SMILES string of the molecule is CCNC(CC)CCCS(=O)(=O)C1CCCC1. The Morgan fingerprint density at radius 1 is 1.24 bits per heavy atom. The van der Waals surface area contributed by atoms with E-state index in [9.17, 15) is 8.42 Å². The fraction of sp³-hybridized carbons (Fsp3) is 1.00. The zero-order valence-electron chi connectivity index (χ0n) is 11.2. The number of hydrogen-bond donors (Lipinski definition) is 1. The Balaban J connectivity index is 2.29. The van der Waals surface area contributed by atoms with E-state index >= 15 is 0 Å². The summed E-state index contributed by atoms with van der Waals surface area (Å²) in [7, 11) is -2.81. The summed E-state index contributed by atoms with van der Waals surface area (Å²) in [6.07, 6.45) is 6.86. The van der Waals surface area contributed by atoms with Crippen molar-refractivity contribution in [3.63, 3.8) is 0 Å². The highest BCUT2D eigenvalue weighted by atomic mass is 32.2. The van der Waals surface area contributed by atoms with Gasteiger partial charge in [0.15, 0.2) is 9.84 Å². The topological polar surface area (TPSA) is 46.2 Å². The Kier molecular flexibility index (Phi) is 6.49. The van der Waals surface area contributed by atoms with Gasteiger partial charge in [-0.15, -0.1) is 0 Å². The van der Waals surface area contributed by atoms with Crippen LogP contribution >= 0.6 is 0 Å². The van der Waals surface area contributed by atoms with Crippen LogP contribution in [0.3, 0.4) is 0 Å². The van der Waals surface area contributed by atoms with Gasteiger partial charge in [-0.3, -0.25) is 0 Å². The normalized spacial score (nSPS) is 19.6. The fourth-order valence-corrected chi connectivity index (χ4v) is 4.64. The molecular weight excluding hydrogens is 234 g/mol. The highest BCUT2D eigenvalue weighted by molar-refractivity contribution is 7.92. The van der Waals surface area contributed by atoms with E-state index in [-0.39, 0.29) is 5.25 Å². The maximum Gasteiger partial charge on any atom is 0.153 e. The third kappa shape index (κ3) is 4.96. The molecule has 0 saturated heterocycles. The molecule has 1 rings (SSSR count). The summed E-state index contributed by atoms with van der Waals surface area (Å²) in [5.41, 5.74) is 0. The first kappa shape index (κ1) is 15.0. The van der Waals surface area contributed by atoms with Crippen LogP contribution in [0.1, 0.15) is 58.8 Å². The quantitative estimate of drug-likeness (QED) is 0.730. The largest absolute Gasteiger partial charge is 0.314 e. The molecule has 0 heterocycles. The van der Waals surface area contributed by atoms with E-state index in [4.69, 9.17) is 0 Å². The molecule has 0 aromatic rings. The molecule has 0 radical (unpaired) electrons. The van der Waals surface area contributed by atoms with Gasteiger partial charge < -0.3 is 5.32 Å². The maximum atomic E-state index is 12.0. The number of rotatable bonds is 8. The van der Waals surface area contributed by atoms with Gasteiger partial charge in [0.2, 0.25) is 0 Å². The predicted molar refractivity (Wildman–Crippen MR) is 73.0 cm³/mol. The monoisotopic (exact) mass is 261 g/mol. The van der Waals surface area contributed by atoms with Crippen LogP contribution in [0.15, 0.2) is 0 Å². The average molecular weight is 261 g/mol. The second-order valence-electron chi connectivity index (χ2n) is 5.08. The van der Waals surface area contributed by atoms with Gasteiger partial charge >= 0.3 is 0 Å². The fourth-order valence-electron chi connectivity index (χ4n) is 2.68. The number of nitrogens with one attached hydrogen (secondary N) is 1. The van der Waals surface area contributed by atoms with Crippen LogP contribution < -0.4 is 5.32 Å². The Hall–Kier alpha value is -0.0900. The van der Waals surface area contributed by atoms with Gasteiger partial charge in [0.05, 0.1) is 11.0 Å². The average Bonchev–Trinajstić information content (AvgIpc) is 2.81. The highest BCUT2D eigenvalue weighted by Gasteiger charge is 2.28. The Morgan fingerprint density at radius 2 is 1.88 bits per heavy atom. The van der Waals surface area contributed by atoms with E-state index in [1.165, 1.54) is 0 Å². The van der Waals surface area contributed by atoms with E-state index in [2.05, 4.69) is 19.2 Å². The molecule has 102 valence electrons. The lowest BCUT2D eigenvalue weighted by molar-refractivity contribution is 0.474. The van der Waals surface area contributed by atoms with Crippen molar-refractivity contribution < 1.29 is 8.42 Å². The molecule has 1 atom stereocenters. The molecule has 1 saturated carbocycles. The third-order valence-electron chi connectivity index (χ3n) is 3.78. The summed E-state index contributed by atoms with van der Waals surface area (Å²) >= 11 is 0. The summed E-state index contributed by atoms with van der Waals surface area (Å²) in [6.45, 7) is 5.21. The van der Waals surface area contributed by atoms with Gasteiger partial charge in [-0.05, 0) is 38.6 Å². The Morgan fingerprint density at radius 3 is 2.41 bits per heavy atom. The first-order valence-corrected chi connectivity index (χ1v) is 8.76. The minimum Gasteiger partial charge on any atom is -0.314 e. The molecule has 1 fully saturated rings. The van der Waals surface area contributed by atoms with Crippen LogP contribution in [-0.4, -0.2) is 32.0 Å². The Labute approximate surface area is 106 Å². The first-order valence-electron chi connectivity index (χ1n) is 7.05. The van der Waals surface area contributed by atoms with Crippen LogP contribution in [0.2, 0.25) is 0 Å². The Bertz CT molecular complexity index is 295. The highest BCUT2D eigenvalue weighted by Crippen LogP contribution is 2.25. The van der Waals surface area contributed by atoms with Crippen LogP contribution in [0.25, 0.3) is 0 Å². The van der Waals surface area contributed by atoms with Crippen molar-refractivity contribution in [1.29, 1.82) is 0 Å². The molecule has 1 aliphatic carbocycles. The molecule has 1 aliphatic rings. The van der Waals surface area contributed by atoms with Gasteiger partial charge in [0, 0.05) is 6.04 Å². The van der Waals surface area contributed by atoms with Gasteiger partial charge in [-0.1, -0.05) is 26.7 Å². The summed E-state index contributed by atoms with van der Waals surface area (Å²) in [4.78, 5) is 0. The summed E-state index contributed by atoms with van der Waals surface area (Å²) < 4.78 is 24.1. The predicted octanol–water partition coefficient (Wildman–Crippen LogP) is 2.51. The van der Waals surface area contributed by atoms with Crippen molar-refractivity contribution in [2.75, 3.05) is 12.3 Å². The van der Waals surface area contributed by atoms with Gasteiger partial charge in [0.25, 0.3) is 0 Å². The van der Waals surface area contributed by atoms with Crippen molar-refractivity contribution >= 4 is 9.84 Å². The standard InChI is InChI=1S/C13H27NO2S/c1-3-12(14-4-2)8-7-11-17(15,16)13-9-5-6-10-13/h12-14H,3-11H2,1-2H3. The van der Waals surface area contributed by atoms with Crippen molar-refractivity contribution in [3.05, 3.63) is 0 Å². The lowest BCUT2D eigenvalue weighted by Gasteiger charge is -2.16. The third-order valence-corrected chi connectivity index (χ3v) is 6.12. The lowest BCUT2D eigenvalue weighted by atomic mass is 10.1. The van der Waals surface area contributed by atoms with Crippen LogP contribution in [0.5, 0.6) is 0 Å². The van der Waals surface area contributed by atoms with Gasteiger partial charge in [-0.2, -0.15) is 0 Å². The minimum absolute atomic E-state index is 0.0262. The second-order valence-corrected chi connectivity index (χ2v) is 7.48. The molecule has 0 aliphatic heterocycles. The summed E-state index contributed by atoms with van der Waals surface area (Å²) in [5.74, 6) is 0.388. The molecule has 0 aromatic heterocycles. The minimum atomic E-state index is -2.81. The molecule has 0 spiro atoms. The molecule has 0 aromatic carbocycles. The summed E-state index contributed by atoms with van der Waals surface area (Å²) in [5, 5.41) is 3.37. The molecule has 4 heteroatoms. The molecular formula is C13H27NO2S. The van der Waals surface area contributed by atoms with Crippen LogP contribution in [0.4, 0.5) is 0 Å². The smallest absolute Gasteiger partial charge is 0.153 e. The van der Waals surface area contributed by atoms with Gasteiger partial charge in [-0.25, -0.2) is 8.42 Å². The zero-order valence-corrected chi connectivity index (χ0v) is 12.1. The first-order chi connectivity index (χ1) is 8.10. The van der Waals surface area contributed by atoms with E-state index in [0.29, 0.717) is 11.8 Å². The lowest BCUT2D eigenvalue weighted by Crippen LogP contribution is -2.29. The molecule has 3 nitrogen and oxygen atoms in total. The molecule has 1 N–H and O–H groups in total. The van der Waals surface area contributed by atoms with Crippen LogP contribution in [-0.2, 0) is 9.84 Å². The van der Waals surface area contributed by atoms with Crippen molar-refractivity contribution in [2.45, 2.75) is 70.1 Å². The second kappa shape index (κ2) is 7.37. The van der Waals surface area contributed by atoms with Crippen molar-refractivity contribution in [2.24, 2.45) is 0 Å². The molecule has 17 heavy (non-hydrogen) atoms. The van der Waals surface area contributed by atoms with E-state index in [0.717, 1.165) is 51.5 Å². The van der Waals surface area contributed by atoms with Crippen LogP contribution in [0, 0.1) is 0 Å². The number of sulfone groups is 1. The zero-order chi connectivity index (χ0) is 12.7. The van der Waals surface area contributed by atoms with Gasteiger partial charge in [0.1, 0.15) is 0 Å². The molecule has 1 unspecified atom stereocenters. The molecule has 0 amide bonds. The van der Waals surface area contributed by atoms with E-state index in [1.807, 2.05) is 0 Å². The van der Waals surface area contributed by atoms with Crippen molar-refractivity contribution in [1.82, 2.24) is 5.32 Å². The van der Waals surface area contributed by atoms with Crippen molar-refractivity contribution in [3.8, 4) is 0 Å². The molecule has 0 bridgehead atoms.